The molecule has 1 saturated heterocycles. The van der Waals surface area contributed by atoms with Gasteiger partial charge in [0.15, 0.2) is 0 Å². The molecule has 0 radical (unpaired) electrons. The lowest BCUT2D eigenvalue weighted by Gasteiger charge is -2.41. The van der Waals surface area contributed by atoms with Crippen molar-refractivity contribution in [2.45, 2.75) is 52.9 Å². The average Bonchev–Trinajstić information content (AvgIpc) is 3.33. The van der Waals surface area contributed by atoms with Crippen LogP contribution in [0.3, 0.4) is 0 Å². The molecule has 0 bridgehead atoms. The van der Waals surface area contributed by atoms with Crippen molar-refractivity contribution in [1.29, 1.82) is 10.5 Å². The zero-order chi connectivity index (χ0) is 27.1. The highest BCUT2D eigenvalue weighted by Gasteiger charge is 2.33. The van der Waals surface area contributed by atoms with Gasteiger partial charge >= 0.3 is 0 Å². The normalized spacial score (nSPS) is 18.8. The number of allylic oxidation sites excluding steroid dienone is 1. The summed E-state index contributed by atoms with van der Waals surface area (Å²) in [5.41, 5.74) is 2.14. The Labute approximate surface area is 228 Å². The maximum Gasteiger partial charge on any atom is 0.232 e. The number of hydrogen-bond donors (Lipinski definition) is 1. The molecule has 1 N–H and O–H groups in total. The van der Waals surface area contributed by atoms with Crippen LogP contribution < -0.4 is 15.1 Å². The Balaban J connectivity index is 1.66. The molecule has 2 fully saturated rings. The number of benzene rings is 1. The van der Waals surface area contributed by atoms with E-state index in [4.69, 9.17) is 4.98 Å². The molecule has 10 heteroatoms. The highest BCUT2D eigenvalue weighted by Crippen LogP contribution is 2.41. The number of nitriles is 2. The Bertz CT molecular complexity index is 1280. The van der Waals surface area contributed by atoms with Crippen molar-refractivity contribution >= 4 is 51.3 Å². The van der Waals surface area contributed by atoms with Crippen LogP contribution in [-0.2, 0) is 4.79 Å². The maximum absolute atomic E-state index is 11.9. The molecule has 198 valence electrons. The van der Waals surface area contributed by atoms with Crippen molar-refractivity contribution in [1.82, 2.24) is 4.98 Å². The quantitative estimate of drug-likeness (QED) is 0.296. The second-order valence-electron chi connectivity index (χ2n) is 9.76. The minimum Gasteiger partial charge on any atom is -0.372 e. The zero-order valence-corrected chi connectivity index (χ0v) is 23.1. The van der Waals surface area contributed by atoms with Gasteiger partial charge in [-0.05, 0) is 62.8 Å². The van der Waals surface area contributed by atoms with E-state index in [2.05, 4.69) is 39.2 Å². The summed E-state index contributed by atoms with van der Waals surface area (Å²) < 4.78 is 0. The molecule has 1 aromatic heterocycles. The summed E-state index contributed by atoms with van der Waals surface area (Å²) >= 11 is 1.31. The van der Waals surface area contributed by atoms with Gasteiger partial charge in [0.25, 0.3) is 0 Å². The van der Waals surface area contributed by atoms with Crippen molar-refractivity contribution < 1.29 is 4.79 Å². The van der Waals surface area contributed by atoms with Gasteiger partial charge in [0, 0.05) is 38.8 Å². The van der Waals surface area contributed by atoms with Crippen LogP contribution in [0.15, 0.2) is 34.0 Å². The number of thiazole rings is 1. The number of nitrogens with zero attached hydrogens (tertiary/aromatic N) is 7. The first-order chi connectivity index (χ1) is 18.4. The molecule has 1 amide bonds. The highest BCUT2D eigenvalue weighted by atomic mass is 32.1. The van der Waals surface area contributed by atoms with Gasteiger partial charge in [-0.3, -0.25) is 4.79 Å². The van der Waals surface area contributed by atoms with E-state index in [1.54, 1.807) is 6.08 Å². The molecule has 4 rings (SSSR count). The average molecular weight is 531 g/mol. The summed E-state index contributed by atoms with van der Waals surface area (Å²) in [6.45, 7) is 9.16. The molecule has 38 heavy (non-hydrogen) atoms. The fourth-order valence-electron chi connectivity index (χ4n) is 5.47. The van der Waals surface area contributed by atoms with Crippen LogP contribution in [0.4, 0.5) is 28.0 Å². The minimum atomic E-state index is -0.186. The number of carbonyl (C=O) groups is 1. The number of fused-ring (bicyclic) bond motifs is 1. The van der Waals surface area contributed by atoms with Crippen molar-refractivity contribution in [2.75, 3.05) is 41.3 Å². The highest BCUT2D eigenvalue weighted by molar-refractivity contribution is 7.16. The molecule has 1 aliphatic heterocycles. The van der Waals surface area contributed by atoms with E-state index in [1.165, 1.54) is 43.9 Å². The van der Waals surface area contributed by atoms with Crippen LogP contribution in [0.25, 0.3) is 6.08 Å². The van der Waals surface area contributed by atoms with E-state index in [9.17, 15) is 15.3 Å². The first-order valence-electron chi connectivity index (χ1n) is 13.3. The zero-order valence-electron chi connectivity index (χ0n) is 22.3. The largest absolute Gasteiger partial charge is 0.372 e. The van der Waals surface area contributed by atoms with Gasteiger partial charge in [-0.1, -0.05) is 30.6 Å². The number of nitrogens with one attached hydrogen (secondary N) is 1. The molecule has 1 aliphatic carbocycles. The molecule has 2 unspecified atom stereocenters. The first-order valence-corrected chi connectivity index (χ1v) is 14.1. The lowest BCUT2D eigenvalue weighted by atomic mass is 9.75. The SMILES string of the molecule is CCN(CC)c1ccc(N=Nc2nc(N3CCC4CCCCC4C3)c(C=C(C#N)C#N)s2)c(NC(C)=O)c1. The van der Waals surface area contributed by atoms with Crippen LogP contribution in [0.2, 0.25) is 0 Å². The van der Waals surface area contributed by atoms with Gasteiger partial charge in [0.2, 0.25) is 11.0 Å². The molecular formula is C28H34N8OS. The van der Waals surface area contributed by atoms with Gasteiger partial charge in [0.05, 0.1) is 10.6 Å². The summed E-state index contributed by atoms with van der Waals surface area (Å²) in [5, 5.41) is 30.9. The molecule has 2 aromatic rings. The minimum absolute atomic E-state index is 0.0332. The lowest BCUT2D eigenvalue weighted by molar-refractivity contribution is -0.114. The summed E-state index contributed by atoms with van der Waals surface area (Å²) in [6, 6.07) is 9.63. The maximum atomic E-state index is 11.9. The summed E-state index contributed by atoms with van der Waals surface area (Å²) in [7, 11) is 0. The molecule has 1 saturated carbocycles. The number of piperidine rings is 1. The Morgan fingerprint density at radius 3 is 2.61 bits per heavy atom. The standard InChI is InChI=1S/C28H34N8OS/c1-4-35(5-2)23-10-11-24(25(15-23)31-19(3)37)33-34-28-32-27(26(38-28)14-20(16-29)17-30)36-13-12-21-8-6-7-9-22(21)18-36/h10-11,14-15,21-22H,4-9,12-13,18H2,1-3H3,(H,31,37). The third kappa shape index (κ3) is 6.38. The van der Waals surface area contributed by atoms with E-state index in [0.717, 1.165) is 54.9 Å². The predicted molar refractivity (Wildman–Crippen MR) is 152 cm³/mol. The topological polar surface area (TPSA) is 121 Å². The van der Waals surface area contributed by atoms with E-state index in [-0.39, 0.29) is 11.5 Å². The summed E-state index contributed by atoms with van der Waals surface area (Å²) in [6.07, 6.45) is 7.86. The number of hydrogen-bond acceptors (Lipinski definition) is 9. The Kier molecular flexibility index (Phi) is 9.09. The number of anilines is 3. The number of aromatic nitrogens is 1. The smallest absolute Gasteiger partial charge is 0.232 e. The molecular weight excluding hydrogens is 496 g/mol. The van der Waals surface area contributed by atoms with Crippen LogP contribution in [0.1, 0.15) is 57.8 Å². The summed E-state index contributed by atoms with van der Waals surface area (Å²) in [5.74, 6) is 2.00. The Morgan fingerprint density at radius 2 is 1.92 bits per heavy atom. The third-order valence-electron chi connectivity index (χ3n) is 7.39. The van der Waals surface area contributed by atoms with Crippen LogP contribution in [-0.4, -0.2) is 37.1 Å². The van der Waals surface area contributed by atoms with E-state index in [1.807, 2.05) is 30.3 Å². The fraction of sp³-hybridized carbons (Fsp3) is 0.500. The molecule has 9 nitrogen and oxygen atoms in total. The van der Waals surface area contributed by atoms with Crippen LogP contribution in [0, 0.1) is 34.5 Å². The van der Waals surface area contributed by atoms with Gasteiger partial charge in [-0.25, -0.2) is 0 Å². The Morgan fingerprint density at radius 1 is 1.18 bits per heavy atom. The van der Waals surface area contributed by atoms with Crippen molar-refractivity contribution in [3.63, 3.8) is 0 Å². The Hall–Kier alpha value is -3.76. The molecule has 2 heterocycles. The molecule has 1 aromatic carbocycles. The molecule has 0 spiro atoms. The van der Waals surface area contributed by atoms with Gasteiger partial charge in [-0.2, -0.15) is 15.5 Å². The number of carbonyl (C=O) groups excluding carboxylic acids is 1. The first kappa shape index (κ1) is 27.3. The molecule has 2 atom stereocenters. The van der Waals surface area contributed by atoms with Gasteiger partial charge in [0.1, 0.15) is 29.2 Å². The van der Waals surface area contributed by atoms with Crippen molar-refractivity contribution in [3.8, 4) is 12.1 Å². The second kappa shape index (κ2) is 12.7. The van der Waals surface area contributed by atoms with E-state index in [0.29, 0.717) is 22.4 Å². The number of amides is 1. The number of rotatable bonds is 8. The summed E-state index contributed by atoms with van der Waals surface area (Å²) in [4.78, 5) is 21.9. The molecule has 2 aliphatic rings. The monoisotopic (exact) mass is 530 g/mol. The van der Waals surface area contributed by atoms with E-state index < -0.39 is 0 Å². The predicted octanol–water partition coefficient (Wildman–Crippen LogP) is 6.81. The van der Waals surface area contributed by atoms with Crippen LogP contribution >= 0.6 is 11.3 Å². The van der Waals surface area contributed by atoms with Gasteiger partial charge < -0.3 is 15.1 Å². The lowest BCUT2D eigenvalue weighted by Crippen LogP contribution is -2.42. The third-order valence-corrected chi connectivity index (χ3v) is 8.27. The second-order valence-corrected chi connectivity index (χ2v) is 10.8. The van der Waals surface area contributed by atoms with E-state index >= 15 is 0 Å². The fourth-order valence-corrected chi connectivity index (χ4v) is 6.33. The van der Waals surface area contributed by atoms with Crippen molar-refractivity contribution in [2.24, 2.45) is 22.1 Å². The number of azo groups is 1. The van der Waals surface area contributed by atoms with Gasteiger partial charge in [-0.15, -0.1) is 10.2 Å². The van der Waals surface area contributed by atoms with Crippen molar-refractivity contribution in [3.05, 3.63) is 28.6 Å². The van der Waals surface area contributed by atoms with Crippen LogP contribution in [0.5, 0.6) is 0 Å².